The third-order valence-corrected chi connectivity index (χ3v) is 2.11. The number of nitrogens with zero attached hydrogens (tertiary/aromatic N) is 2. The van der Waals surface area contributed by atoms with Gasteiger partial charge in [-0.05, 0) is 18.6 Å². The van der Waals surface area contributed by atoms with Crippen molar-refractivity contribution in [3.05, 3.63) is 42.1 Å². The maximum atomic E-state index is 9.09. The van der Waals surface area contributed by atoms with Gasteiger partial charge in [0.2, 0.25) is 0 Å². The van der Waals surface area contributed by atoms with Crippen molar-refractivity contribution in [1.82, 2.24) is 9.78 Å². The molecule has 0 unspecified atom stereocenters. The van der Waals surface area contributed by atoms with Gasteiger partial charge in [-0.1, -0.05) is 30.3 Å². The fourth-order valence-electron chi connectivity index (χ4n) is 1.49. The van der Waals surface area contributed by atoms with Gasteiger partial charge in [-0.3, -0.25) is 0 Å². The molecule has 0 radical (unpaired) electrons. The van der Waals surface area contributed by atoms with Gasteiger partial charge in [0.05, 0.1) is 11.4 Å². The van der Waals surface area contributed by atoms with Crippen LogP contribution in [0, 0.1) is 6.92 Å². The lowest BCUT2D eigenvalue weighted by atomic mass is 10.1. The third-order valence-electron chi connectivity index (χ3n) is 2.11. The summed E-state index contributed by atoms with van der Waals surface area (Å²) in [5.41, 5.74) is 2.94. The number of benzene rings is 1. The molecule has 0 saturated heterocycles. The summed E-state index contributed by atoms with van der Waals surface area (Å²) in [7, 11) is 0. The molecule has 0 amide bonds. The minimum Gasteiger partial charge on any atom is -0.374 e. The number of hydrogen-bond donors (Lipinski definition) is 1. The molecule has 1 aromatic carbocycles. The van der Waals surface area contributed by atoms with Crippen LogP contribution in [0.4, 0.5) is 0 Å². The standard InChI is InChI=1S/C11H12N2O/c1-9-7-11(13(8-14)12-9)10-5-3-2-4-6-10/h2-7,14H,8H2,1H3. The summed E-state index contributed by atoms with van der Waals surface area (Å²) in [6.45, 7) is 1.83. The lowest BCUT2D eigenvalue weighted by molar-refractivity contribution is 0.197. The van der Waals surface area contributed by atoms with E-state index in [0.717, 1.165) is 17.0 Å². The van der Waals surface area contributed by atoms with Crippen molar-refractivity contribution in [2.75, 3.05) is 0 Å². The van der Waals surface area contributed by atoms with Crippen LogP contribution in [-0.4, -0.2) is 14.9 Å². The molecule has 0 bridgehead atoms. The molecule has 0 aliphatic carbocycles. The normalized spacial score (nSPS) is 10.4. The van der Waals surface area contributed by atoms with Crippen molar-refractivity contribution >= 4 is 0 Å². The highest BCUT2D eigenvalue weighted by Gasteiger charge is 2.05. The summed E-state index contributed by atoms with van der Waals surface area (Å²) in [4.78, 5) is 0. The first-order valence-electron chi connectivity index (χ1n) is 4.52. The van der Waals surface area contributed by atoms with Crippen LogP contribution in [0.15, 0.2) is 36.4 Å². The topological polar surface area (TPSA) is 38.0 Å². The molecule has 0 aliphatic rings. The monoisotopic (exact) mass is 188 g/mol. The van der Waals surface area contributed by atoms with E-state index in [-0.39, 0.29) is 6.73 Å². The van der Waals surface area contributed by atoms with Crippen molar-refractivity contribution in [3.8, 4) is 11.3 Å². The number of aryl methyl sites for hydroxylation is 1. The lowest BCUT2D eigenvalue weighted by Crippen LogP contribution is -2.01. The second-order valence-corrected chi connectivity index (χ2v) is 3.18. The van der Waals surface area contributed by atoms with Crippen LogP contribution in [0.2, 0.25) is 0 Å². The maximum Gasteiger partial charge on any atom is 0.136 e. The van der Waals surface area contributed by atoms with Gasteiger partial charge in [-0.2, -0.15) is 5.10 Å². The third kappa shape index (κ3) is 1.54. The number of aromatic nitrogens is 2. The highest BCUT2D eigenvalue weighted by molar-refractivity contribution is 5.59. The van der Waals surface area contributed by atoms with Gasteiger partial charge in [0, 0.05) is 0 Å². The van der Waals surface area contributed by atoms with Crippen LogP contribution < -0.4 is 0 Å². The average Bonchev–Trinajstić information content (AvgIpc) is 2.61. The molecule has 1 aromatic heterocycles. The number of aliphatic hydroxyl groups excluding tert-OH is 1. The molecule has 14 heavy (non-hydrogen) atoms. The van der Waals surface area contributed by atoms with Crippen LogP contribution in [0.5, 0.6) is 0 Å². The first-order valence-corrected chi connectivity index (χ1v) is 4.52. The fourth-order valence-corrected chi connectivity index (χ4v) is 1.49. The highest BCUT2D eigenvalue weighted by atomic mass is 16.3. The lowest BCUT2D eigenvalue weighted by Gasteiger charge is -2.02. The molecule has 2 aromatic rings. The van der Waals surface area contributed by atoms with E-state index in [1.807, 2.05) is 43.3 Å². The summed E-state index contributed by atoms with van der Waals surface area (Å²) < 4.78 is 1.59. The van der Waals surface area contributed by atoms with Gasteiger partial charge in [0.15, 0.2) is 0 Å². The average molecular weight is 188 g/mol. The van der Waals surface area contributed by atoms with E-state index in [9.17, 15) is 0 Å². The number of hydrogen-bond acceptors (Lipinski definition) is 2. The zero-order valence-electron chi connectivity index (χ0n) is 8.01. The molecule has 3 nitrogen and oxygen atoms in total. The molecule has 0 fully saturated rings. The molecule has 0 aliphatic heterocycles. The predicted molar refractivity (Wildman–Crippen MR) is 54.6 cm³/mol. The first kappa shape index (κ1) is 8.97. The summed E-state index contributed by atoms with van der Waals surface area (Å²) in [6, 6.07) is 11.9. The minimum atomic E-state index is -0.0853. The van der Waals surface area contributed by atoms with E-state index in [2.05, 4.69) is 5.10 Å². The molecule has 0 spiro atoms. The molecule has 72 valence electrons. The summed E-state index contributed by atoms with van der Waals surface area (Å²) in [5, 5.41) is 13.3. The quantitative estimate of drug-likeness (QED) is 0.780. The Bertz CT molecular complexity index is 420. The summed E-state index contributed by atoms with van der Waals surface area (Å²) >= 11 is 0. The van der Waals surface area contributed by atoms with Crippen LogP contribution in [0.1, 0.15) is 5.69 Å². The van der Waals surface area contributed by atoms with Crippen molar-refractivity contribution in [2.24, 2.45) is 0 Å². The summed E-state index contributed by atoms with van der Waals surface area (Å²) in [6.07, 6.45) is 0. The Hall–Kier alpha value is -1.61. The van der Waals surface area contributed by atoms with Gasteiger partial charge in [-0.25, -0.2) is 4.68 Å². The van der Waals surface area contributed by atoms with Gasteiger partial charge in [-0.15, -0.1) is 0 Å². The van der Waals surface area contributed by atoms with Gasteiger partial charge in [0.25, 0.3) is 0 Å². The Labute approximate surface area is 82.6 Å². The van der Waals surface area contributed by atoms with Crippen LogP contribution in [0.25, 0.3) is 11.3 Å². The predicted octanol–water partition coefficient (Wildman–Crippen LogP) is 1.81. The molecule has 2 rings (SSSR count). The Balaban J connectivity index is 2.51. The van der Waals surface area contributed by atoms with E-state index in [1.165, 1.54) is 0 Å². The van der Waals surface area contributed by atoms with Gasteiger partial charge >= 0.3 is 0 Å². The van der Waals surface area contributed by atoms with E-state index < -0.39 is 0 Å². The van der Waals surface area contributed by atoms with Crippen molar-refractivity contribution in [2.45, 2.75) is 13.7 Å². The SMILES string of the molecule is Cc1cc(-c2ccccc2)n(CO)n1. The number of aliphatic hydroxyl groups is 1. The smallest absolute Gasteiger partial charge is 0.136 e. The largest absolute Gasteiger partial charge is 0.374 e. The minimum absolute atomic E-state index is 0.0853. The Morgan fingerprint density at radius 2 is 2.00 bits per heavy atom. The first-order chi connectivity index (χ1) is 6.81. The molecule has 1 heterocycles. The Morgan fingerprint density at radius 1 is 1.29 bits per heavy atom. The van der Waals surface area contributed by atoms with Crippen molar-refractivity contribution in [1.29, 1.82) is 0 Å². The maximum absolute atomic E-state index is 9.09. The van der Waals surface area contributed by atoms with Gasteiger partial charge in [0.1, 0.15) is 6.73 Å². The number of rotatable bonds is 2. The molecule has 0 atom stereocenters. The molecular weight excluding hydrogens is 176 g/mol. The van der Waals surface area contributed by atoms with Crippen LogP contribution in [-0.2, 0) is 6.73 Å². The Morgan fingerprint density at radius 3 is 2.64 bits per heavy atom. The van der Waals surface area contributed by atoms with E-state index >= 15 is 0 Å². The van der Waals surface area contributed by atoms with E-state index in [0.29, 0.717) is 0 Å². The van der Waals surface area contributed by atoms with Crippen molar-refractivity contribution < 1.29 is 5.11 Å². The van der Waals surface area contributed by atoms with Crippen molar-refractivity contribution in [3.63, 3.8) is 0 Å². The van der Waals surface area contributed by atoms with Crippen LogP contribution >= 0.6 is 0 Å². The van der Waals surface area contributed by atoms with E-state index in [1.54, 1.807) is 4.68 Å². The molecule has 0 saturated carbocycles. The molecule has 3 heteroatoms. The molecular formula is C11H12N2O. The van der Waals surface area contributed by atoms with E-state index in [4.69, 9.17) is 5.11 Å². The zero-order valence-corrected chi connectivity index (χ0v) is 8.01. The highest BCUT2D eigenvalue weighted by Crippen LogP contribution is 2.19. The second kappa shape index (κ2) is 3.64. The summed E-state index contributed by atoms with van der Waals surface area (Å²) in [5.74, 6) is 0. The fraction of sp³-hybridized carbons (Fsp3) is 0.182. The van der Waals surface area contributed by atoms with Gasteiger partial charge < -0.3 is 5.11 Å². The van der Waals surface area contributed by atoms with Crippen LogP contribution in [0.3, 0.4) is 0 Å². The molecule has 1 N–H and O–H groups in total. The Kier molecular flexibility index (Phi) is 2.33. The zero-order chi connectivity index (χ0) is 9.97. The second-order valence-electron chi connectivity index (χ2n) is 3.18.